The van der Waals surface area contributed by atoms with E-state index in [1.54, 1.807) is 6.08 Å². The van der Waals surface area contributed by atoms with Crippen molar-refractivity contribution in [2.24, 2.45) is 11.8 Å². The minimum absolute atomic E-state index is 0.139. The highest BCUT2D eigenvalue weighted by Gasteiger charge is 2.46. The van der Waals surface area contributed by atoms with Gasteiger partial charge in [-0.1, -0.05) is 36.8 Å². The molecule has 2 heterocycles. The molecule has 2 fully saturated rings. The second-order valence-corrected chi connectivity index (χ2v) is 6.45. The van der Waals surface area contributed by atoms with Gasteiger partial charge in [0.25, 0.3) is 0 Å². The smallest absolute Gasteiger partial charge is 0.0755 e. The van der Waals surface area contributed by atoms with Crippen molar-refractivity contribution in [2.45, 2.75) is 63.3 Å². The van der Waals surface area contributed by atoms with E-state index in [-0.39, 0.29) is 6.61 Å². The Morgan fingerprint density at radius 2 is 2.00 bits per heavy atom. The van der Waals surface area contributed by atoms with Crippen LogP contribution in [0, 0.1) is 11.8 Å². The number of rotatable bonds is 10. The minimum atomic E-state index is -0.416. The van der Waals surface area contributed by atoms with Gasteiger partial charge in [0, 0.05) is 5.92 Å². The molecule has 2 rings (SSSR count). The Balaban J connectivity index is 1.80. The van der Waals surface area contributed by atoms with Gasteiger partial charge in [-0.15, -0.1) is 6.58 Å². The normalized spacial score (nSPS) is 32.3. The van der Waals surface area contributed by atoms with Gasteiger partial charge in [-0.05, 0) is 44.4 Å². The number of fused-ring (bicyclic) bond motifs is 2. The molecule has 2 bridgehead atoms. The number of aliphatic hydroxyl groups is 2. The van der Waals surface area contributed by atoms with Crippen LogP contribution in [0.1, 0.15) is 44.9 Å². The molecular weight excluding hydrogens is 276 g/mol. The third-order valence-corrected chi connectivity index (χ3v) is 4.88. The van der Waals surface area contributed by atoms with Crippen LogP contribution < -0.4 is 0 Å². The monoisotopic (exact) mass is 306 g/mol. The van der Waals surface area contributed by atoms with Crippen LogP contribution in [0.4, 0.5) is 0 Å². The summed E-state index contributed by atoms with van der Waals surface area (Å²) in [6, 6.07) is 0. The first-order valence-corrected chi connectivity index (χ1v) is 8.65. The SMILES string of the molecule is C=CCC(O)/C=C/C1C2CCC(O2)C1CCCC/C=C/CO. The van der Waals surface area contributed by atoms with E-state index >= 15 is 0 Å². The Bertz CT molecular complexity index is 388. The molecule has 2 N–H and O–H groups in total. The molecule has 22 heavy (non-hydrogen) atoms. The maximum absolute atomic E-state index is 9.84. The second kappa shape index (κ2) is 9.29. The largest absolute Gasteiger partial charge is 0.392 e. The van der Waals surface area contributed by atoms with E-state index in [2.05, 4.69) is 18.7 Å². The first-order chi connectivity index (χ1) is 10.8. The number of hydrogen-bond acceptors (Lipinski definition) is 3. The summed E-state index contributed by atoms with van der Waals surface area (Å²) < 4.78 is 6.09. The molecule has 3 heteroatoms. The van der Waals surface area contributed by atoms with Crippen LogP contribution in [0.25, 0.3) is 0 Å². The van der Waals surface area contributed by atoms with Gasteiger partial charge in [-0.2, -0.15) is 0 Å². The van der Waals surface area contributed by atoms with Crippen LogP contribution in [0.2, 0.25) is 0 Å². The summed E-state index contributed by atoms with van der Waals surface area (Å²) in [7, 11) is 0. The van der Waals surface area contributed by atoms with Crippen LogP contribution in [0.3, 0.4) is 0 Å². The number of aliphatic hydroxyl groups excluding tert-OH is 2. The Morgan fingerprint density at radius 3 is 2.77 bits per heavy atom. The van der Waals surface area contributed by atoms with Crippen LogP contribution in [0.5, 0.6) is 0 Å². The average molecular weight is 306 g/mol. The predicted molar refractivity (Wildman–Crippen MR) is 89.5 cm³/mol. The zero-order chi connectivity index (χ0) is 15.8. The van der Waals surface area contributed by atoms with Crippen LogP contribution in [-0.2, 0) is 4.74 Å². The highest BCUT2D eigenvalue weighted by Crippen LogP contribution is 2.46. The van der Waals surface area contributed by atoms with Gasteiger partial charge in [0.1, 0.15) is 0 Å². The van der Waals surface area contributed by atoms with Gasteiger partial charge in [0.05, 0.1) is 24.9 Å². The summed E-state index contributed by atoms with van der Waals surface area (Å²) in [5, 5.41) is 18.5. The summed E-state index contributed by atoms with van der Waals surface area (Å²) in [4.78, 5) is 0. The molecule has 0 amide bonds. The van der Waals surface area contributed by atoms with Gasteiger partial charge in [-0.25, -0.2) is 0 Å². The molecule has 2 aliphatic heterocycles. The topological polar surface area (TPSA) is 49.7 Å². The van der Waals surface area contributed by atoms with Crippen molar-refractivity contribution in [3.05, 3.63) is 37.0 Å². The molecule has 5 atom stereocenters. The second-order valence-electron chi connectivity index (χ2n) is 6.45. The van der Waals surface area contributed by atoms with Crippen LogP contribution in [0.15, 0.2) is 37.0 Å². The number of allylic oxidation sites excluding steroid dienone is 1. The molecule has 5 unspecified atom stereocenters. The Labute approximate surface area is 134 Å². The molecule has 0 aromatic carbocycles. The summed E-state index contributed by atoms with van der Waals surface area (Å²) in [6.45, 7) is 3.80. The molecule has 0 radical (unpaired) electrons. The minimum Gasteiger partial charge on any atom is -0.392 e. The van der Waals surface area contributed by atoms with Crippen molar-refractivity contribution in [1.82, 2.24) is 0 Å². The van der Waals surface area contributed by atoms with E-state index in [4.69, 9.17) is 9.84 Å². The lowest BCUT2D eigenvalue weighted by Crippen LogP contribution is -2.26. The number of unbranched alkanes of at least 4 members (excludes halogenated alkanes) is 2. The van der Waals surface area contributed by atoms with E-state index < -0.39 is 6.10 Å². The van der Waals surface area contributed by atoms with Gasteiger partial charge in [0.2, 0.25) is 0 Å². The number of ether oxygens (including phenoxy) is 1. The molecule has 124 valence electrons. The fourth-order valence-electron chi connectivity index (χ4n) is 3.80. The van der Waals surface area contributed by atoms with Crippen molar-refractivity contribution in [3.63, 3.8) is 0 Å². The first kappa shape index (κ1) is 17.5. The molecule has 0 spiro atoms. The predicted octanol–water partition coefficient (Wildman–Crippen LogP) is 3.38. The molecule has 0 aliphatic carbocycles. The molecular formula is C19H30O3. The summed E-state index contributed by atoms with van der Waals surface area (Å²) >= 11 is 0. The van der Waals surface area contributed by atoms with Crippen molar-refractivity contribution < 1.29 is 14.9 Å². The standard InChI is InChI=1S/C19H30O3/c1-2-8-15(21)10-11-17-16(18-12-13-19(17)22-18)9-6-4-3-5-7-14-20/h2,5,7,10-11,15-21H,1,3-4,6,8-9,12-14H2/b7-5+,11-10+. The molecule has 3 nitrogen and oxygen atoms in total. The summed E-state index contributed by atoms with van der Waals surface area (Å²) in [5.74, 6) is 1.07. The summed E-state index contributed by atoms with van der Waals surface area (Å²) in [6.07, 6.45) is 17.7. The molecule has 0 saturated carbocycles. The zero-order valence-corrected chi connectivity index (χ0v) is 13.4. The van der Waals surface area contributed by atoms with Crippen LogP contribution in [-0.4, -0.2) is 35.1 Å². The Kier molecular flexibility index (Phi) is 7.37. The number of hydrogen-bond donors (Lipinski definition) is 2. The molecule has 0 aromatic heterocycles. The fraction of sp³-hybridized carbons (Fsp3) is 0.684. The lowest BCUT2D eigenvalue weighted by atomic mass is 9.76. The quantitative estimate of drug-likeness (QED) is 0.480. The third-order valence-electron chi connectivity index (χ3n) is 4.88. The first-order valence-electron chi connectivity index (χ1n) is 8.65. The lowest BCUT2D eigenvalue weighted by molar-refractivity contribution is 0.0884. The van der Waals surface area contributed by atoms with E-state index in [0.717, 1.165) is 12.8 Å². The van der Waals surface area contributed by atoms with E-state index in [1.165, 1.54) is 25.7 Å². The van der Waals surface area contributed by atoms with Gasteiger partial charge < -0.3 is 14.9 Å². The fourth-order valence-corrected chi connectivity index (χ4v) is 3.80. The highest BCUT2D eigenvalue weighted by molar-refractivity contribution is 5.07. The summed E-state index contributed by atoms with van der Waals surface area (Å²) in [5.41, 5.74) is 0. The molecule has 2 aliphatic rings. The van der Waals surface area contributed by atoms with Crippen LogP contribution >= 0.6 is 0 Å². The Hall–Kier alpha value is -0.900. The zero-order valence-electron chi connectivity index (χ0n) is 13.4. The van der Waals surface area contributed by atoms with Crippen molar-refractivity contribution in [2.75, 3.05) is 6.61 Å². The van der Waals surface area contributed by atoms with E-state index in [1.807, 2.05) is 12.2 Å². The Morgan fingerprint density at radius 1 is 1.18 bits per heavy atom. The highest BCUT2D eigenvalue weighted by atomic mass is 16.5. The van der Waals surface area contributed by atoms with Crippen molar-refractivity contribution in [1.29, 1.82) is 0 Å². The van der Waals surface area contributed by atoms with Crippen molar-refractivity contribution in [3.8, 4) is 0 Å². The van der Waals surface area contributed by atoms with Gasteiger partial charge >= 0.3 is 0 Å². The maximum Gasteiger partial charge on any atom is 0.0755 e. The van der Waals surface area contributed by atoms with E-state index in [9.17, 15) is 5.11 Å². The van der Waals surface area contributed by atoms with Gasteiger partial charge in [0.15, 0.2) is 0 Å². The maximum atomic E-state index is 9.84. The van der Waals surface area contributed by atoms with Gasteiger partial charge in [-0.3, -0.25) is 0 Å². The van der Waals surface area contributed by atoms with E-state index in [0.29, 0.717) is 30.5 Å². The third kappa shape index (κ3) is 4.80. The molecule has 0 aromatic rings. The molecule has 2 saturated heterocycles. The average Bonchev–Trinajstić information content (AvgIpc) is 3.10. The van der Waals surface area contributed by atoms with Crippen molar-refractivity contribution >= 4 is 0 Å². The lowest BCUT2D eigenvalue weighted by Gasteiger charge is -2.26.